The number of ether oxygens (including phenoxy) is 1. The Labute approximate surface area is 119 Å². The minimum Gasteiger partial charge on any atom is -0.494 e. The van der Waals surface area contributed by atoms with Crippen LogP contribution in [0.1, 0.15) is 0 Å². The summed E-state index contributed by atoms with van der Waals surface area (Å²) >= 11 is 0. The summed E-state index contributed by atoms with van der Waals surface area (Å²) in [5, 5.41) is 1.90. The minimum atomic E-state index is -0.0657. The molecule has 4 aromatic rings. The Morgan fingerprint density at radius 1 is 1.05 bits per heavy atom. The number of benzene rings is 2. The van der Waals surface area contributed by atoms with Crippen LogP contribution in [0, 0.1) is 0 Å². The molecule has 0 unspecified atom stereocenters. The van der Waals surface area contributed by atoms with Crippen molar-refractivity contribution in [2.75, 3.05) is 7.11 Å². The van der Waals surface area contributed by atoms with Crippen molar-refractivity contribution < 1.29 is 9.15 Å². The first-order valence-corrected chi connectivity index (χ1v) is 6.57. The standard InChI is InChI=1S/C17H11NO3/c1-20-14-8-4-5-10-9-12-16(19)11-6-2-3-7-13(11)21-17(12)18-15(10)14/h2-9H,1H3. The molecular weight excluding hydrogens is 266 g/mol. The van der Waals surface area contributed by atoms with E-state index >= 15 is 0 Å². The zero-order valence-electron chi connectivity index (χ0n) is 11.3. The van der Waals surface area contributed by atoms with Gasteiger partial charge < -0.3 is 9.15 Å². The summed E-state index contributed by atoms with van der Waals surface area (Å²) in [4.78, 5) is 17.0. The van der Waals surface area contributed by atoms with Crippen molar-refractivity contribution in [1.29, 1.82) is 0 Å². The number of nitrogens with zero attached hydrogens (tertiary/aromatic N) is 1. The Kier molecular flexibility index (Phi) is 2.44. The molecule has 0 saturated carbocycles. The first-order valence-electron chi connectivity index (χ1n) is 6.57. The molecule has 4 nitrogen and oxygen atoms in total. The second kappa shape index (κ2) is 4.31. The fourth-order valence-electron chi connectivity index (χ4n) is 2.55. The highest BCUT2D eigenvalue weighted by molar-refractivity contribution is 5.96. The molecule has 0 spiro atoms. The zero-order valence-corrected chi connectivity index (χ0v) is 11.3. The molecule has 0 aliphatic carbocycles. The van der Waals surface area contributed by atoms with Crippen molar-refractivity contribution in [1.82, 2.24) is 4.98 Å². The fourth-order valence-corrected chi connectivity index (χ4v) is 2.55. The maximum Gasteiger partial charge on any atom is 0.231 e. The summed E-state index contributed by atoms with van der Waals surface area (Å²) in [6.07, 6.45) is 0. The third-order valence-electron chi connectivity index (χ3n) is 3.58. The lowest BCUT2D eigenvalue weighted by Crippen LogP contribution is -2.03. The number of methoxy groups -OCH3 is 1. The van der Waals surface area contributed by atoms with Crippen molar-refractivity contribution in [2.24, 2.45) is 0 Å². The number of fused-ring (bicyclic) bond motifs is 3. The molecule has 0 aliphatic heterocycles. The lowest BCUT2D eigenvalue weighted by atomic mass is 10.1. The molecule has 2 aromatic carbocycles. The highest BCUT2D eigenvalue weighted by Crippen LogP contribution is 2.27. The van der Waals surface area contributed by atoms with Crippen molar-refractivity contribution in [2.45, 2.75) is 0 Å². The zero-order chi connectivity index (χ0) is 14.4. The Morgan fingerprint density at radius 3 is 2.76 bits per heavy atom. The number of rotatable bonds is 1. The van der Waals surface area contributed by atoms with Gasteiger partial charge in [0.2, 0.25) is 11.1 Å². The van der Waals surface area contributed by atoms with E-state index in [4.69, 9.17) is 9.15 Å². The van der Waals surface area contributed by atoms with Crippen LogP contribution in [0.15, 0.2) is 57.7 Å². The van der Waals surface area contributed by atoms with Gasteiger partial charge in [-0.3, -0.25) is 4.79 Å². The molecule has 4 rings (SSSR count). The van der Waals surface area contributed by atoms with Crippen LogP contribution in [-0.4, -0.2) is 12.1 Å². The number of pyridine rings is 1. The first-order chi connectivity index (χ1) is 10.3. The summed E-state index contributed by atoms with van der Waals surface area (Å²) in [5.74, 6) is 0.658. The van der Waals surface area contributed by atoms with Gasteiger partial charge in [-0.2, -0.15) is 0 Å². The third kappa shape index (κ3) is 1.69. The van der Waals surface area contributed by atoms with Crippen molar-refractivity contribution in [3.8, 4) is 5.75 Å². The third-order valence-corrected chi connectivity index (χ3v) is 3.58. The van der Waals surface area contributed by atoms with E-state index in [-0.39, 0.29) is 5.43 Å². The van der Waals surface area contributed by atoms with E-state index in [1.165, 1.54) is 0 Å². The lowest BCUT2D eigenvalue weighted by molar-refractivity contribution is 0.419. The Morgan fingerprint density at radius 2 is 1.90 bits per heavy atom. The van der Waals surface area contributed by atoms with E-state index < -0.39 is 0 Å². The molecular formula is C17H11NO3. The Hall–Kier alpha value is -2.88. The molecule has 2 aromatic heterocycles. The van der Waals surface area contributed by atoms with Gasteiger partial charge in [-0.05, 0) is 24.3 Å². The van der Waals surface area contributed by atoms with E-state index in [1.54, 1.807) is 25.3 Å². The summed E-state index contributed by atoms with van der Waals surface area (Å²) in [5.41, 5.74) is 1.49. The van der Waals surface area contributed by atoms with Crippen molar-refractivity contribution >= 4 is 33.0 Å². The maximum absolute atomic E-state index is 12.6. The van der Waals surface area contributed by atoms with Gasteiger partial charge in [-0.1, -0.05) is 24.3 Å². The van der Waals surface area contributed by atoms with Crippen molar-refractivity contribution in [3.63, 3.8) is 0 Å². The topological polar surface area (TPSA) is 52.3 Å². The van der Waals surface area contributed by atoms with Crippen LogP contribution in [-0.2, 0) is 0 Å². The predicted molar refractivity (Wildman–Crippen MR) is 81.8 cm³/mol. The Balaban J connectivity index is 2.24. The van der Waals surface area contributed by atoms with Crippen LogP contribution in [0.3, 0.4) is 0 Å². The van der Waals surface area contributed by atoms with Crippen LogP contribution < -0.4 is 10.2 Å². The van der Waals surface area contributed by atoms with Gasteiger partial charge >= 0.3 is 0 Å². The monoisotopic (exact) mass is 277 g/mol. The first kappa shape index (κ1) is 11.9. The normalized spacial score (nSPS) is 11.3. The van der Waals surface area contributed by atoms with Gasteiger partial charge in [0, 0.05) is 5.39 Å². The van der Waals surface area contributed by atoms with E-state index in [1.807, 2.05) is 30.3 Å². The molecule has 2 heterocycles. The van der Waals surface area contributed by atoms with Crippen LogP contribution in [0.5, 0.6) is 5.75 Å². The minimum absolute atomic E-state index is 0.0657. The van der Waals surface area contributed by atoms with Gasteiger partial charge in [0.15, 0.2) is 0 Å². The Bertz CT molecular complexity index is 1050. The molecule has 0 N–H and O–H groups in total. The summed E-state index contributed by atoms with van der Waals surface area (Å²) in [6, 6.07) is 14.6. The molecule has 21 heavy (non-hydrogen) atoms. The summed E-state index contributed by atoms with van der Waals surface area (Å²) < 4.78 is 11.1. The molecule has 0 aliphatic rings. The lowest BCUT2D eigenvalue weighted by Gasteiger charge is -2.06. The van der Waals surface area contributed by atoms with Crippen LogP contribution in [0.4, 0.5) is 0 Å². The number of hydrogen-bond donors (Lipinski definition) is 0. The van der Waals surface area contributed by atoms with E-state index in [0.717, 1.165) is 5.39 Å². The van der Waals surface area contributed by atoms with E-state index in [0.29, 0.717) is 33.3 Å². The van der Waals surface area contributed by atoms with E-state index in [9.17, 15) is 4.79 Å². The van der Waals surface area contributed by atoms with Gasteiger partial charge in [0.25, 0.3) is 0 Å². The van der Waals surface area contributed by atoms with Gasteiger partial charge in [0.05, 0.1) is 17.9 Å². The smallest absolute Gasteiger partial charge is 0.231 e. The molecule has 0 saturated heterocycles. The molecule has 0 atom stereocenters. The van der Waals surface area contributed by atoms with Gasteiger partial charge in [-0.15, -0.1) is 0 Å². The second-order valence-corrected chi connectivity index (χ2v) is 4.80. The van der Waals surface area contributed by atoms with Crippen molar-refractivity contribution in [3.05, 3.63) is 58.8 Å². The van der Waals surface area contributed by atoms with Crippen LogP contribution in [0.2, 0.25) is 0 Å². The molecule has 102 valence electrons. The van der Waals surface area contributed by atoms with Crippen LogP contribution in [0.25, 0.3) is 33.0 Å². The summed E-state index contributed by atoms with van der Waals surface area (Å²) in [6.45, 7) is 0. The highest BCUT2D eigenvalue weighted by atomic mass is 16.5. The number of hydrogen-bond acceptors (Lipinski definition) is 4. The number of para-hydroxylation sites is 2. The van der Waals surface area contributed by atoms with E-state index in [2.05, 4.69) is 4.98 Å². The highest BCUT2D eigenvalue weighted by Gasteiger charge is 2.11. The van der Waals surface area contributed by atoms with Crippen LogP contribution >= 0.6 is 0 Å². The average Bonchev–Trinajstić information content (AvgIpc) is 2.53. The second-order valence-electron chi connectivity index (χ2n) is 4.80. The molecule has 0 fully saturated rings. The average molecular weight is 277 g/mol. The largest absolute Gasteiger partial charge is 0.494 e. The predicted octanol–water partition coefficient (Wildman–Crippen LogP) is 3.50. The number of aromatic nitrogens is 1. The molecule has 0 bridgehead atoms. The maximum atomic E-state index is 12.6. The fraction of sp³-hybridized carbons (Fsp3) is 0.0588. The van der Waals surface area contributed by atoms with Gasteiger partial charge in [0.1, 0.15) is 16.8 Å². The molecule has 0 amide bonds. The SMILES string of the molecule is COc1cccc2cc3c(=O)c4ccccc4oc3nc12. The quantitative estimate of drug-likeness (QED) is 0.500. The molecule has 0 radical (unpaired) electrons. The summed E-state index contributed by atoms with van der Waals surface area (Å²) in [7, 11) is 1.59. The molecule has 4 heteroatoms. The van der Waals surface area contributed by atoms with Gasteiger partial charge in [-0.25, -0.2) is 4.98 Å².